The molecule has 0 aliphatic heterocycles. The zero-order valence-corrected chi connectivity index (χ0v) is 11.2. The Balaban J connectivity index is 2.30. The van der Waals surface area contributed by atoms with Gasteiger partial charge in [0.2, 0.25) is 0 Å². The molecule has 2 heterocycles. The number of aryl methyl sites for hydroxylation is 2. The van der Waals surface area contributed by atoms with E-state index in [9.17, 15) is 4.79 Å². The highest BCUT2D eigenvalue weighted by Gasteiger charge is 2.17. The standard InChI is InChI=1S/C11H14N4O2S/c1-6-4-9(18-8(6)3)10-12-13-14-15(10)5-7(2)11(16)17/h4,7H,5H2,1-3H3,(H,16,17). The van der Waals surface area contributed by atoms with Gasteiger partial charge in [-0.25, -0.2) is 4.68 Å². The maximum absolute atomic E-state index is 10.9. The summed E-state index contributed by atoms with van der Waals surface area (Å²) >= 11 is 1.61. The van der Waals surface area contributed by atoms with Crippen molar-refractivity contribution >= 4 is 17.3 Å². The Bertz CT molecular complexity index is 556. The highest BCUT2D eigenvalue weighted by molar-refractivity contribution is 7.15. The maximum Gasteiger partial charge on any atom is 0.308 e. The molecular weight excluding hydrogens is 252 g/mol. The molecule has 0 fully saturated rings. The number of tetrazole rings is 1. The van der Waals surface area contributed by atoms with Gasteiger partial charge in [0.15, 0.2) is 5.82 Å². The van der Waals surface area contributed by atoms with E-state index < -0.39 is 11.9 Å². The summed E-state index contributed by atoms with van der Waals surface area (Å²) in [5.74, 6) is -0.742. The van der Waals surface area contributed by atoms with Gasteiger partial charge in [0, 0.05) is 4.88 Å². The van der Waals surface area contributed by atoms with Crippen LogP contribution in [0, 0.1) is 19.8 Å². The van der Waals surface area contributed by atoms with Crippen LogP contribution >= 0.6 is 11.3 Å². The third-order valence-corrected chi connectivity index (χ3v) is 3.94. The average Bonchev–Trinajstić information content (AvgIpc) is 2.86. The quantitative estimate of drug-likeness (QED) is 0.911. The Hall–Kier alpha value is -1.76. The van der Waals surface area contributed by atoms with Crippen LogP contribution in [0.3, 0.4) is 0 Å². The van der Waals surface area contributed by atoms with Crippen molar-refractivity contribution in [3.05, 3.63) is 16.5 Å². The topological polar surface area (TPSA) is 80.9 Å². The van der Waals surface area contributed by atoms with Gasteiger partial charge in [-0.2, -0.15) is 0 Å². The second-order valence-electron chi connectivity index (χ2n) is 4.27. The molecule has 0 radical (unpaired) electrons. The van der Waals surface area contributed by atoms with Crippen LogP contribution in [-0.2, 0) is 11.3 Å². The zero-order valence-electron chi connectivity index (χ0n) is 10.4. The number of aliphatic carboxylic acids is 1. The van der Waals surface area contributed by atoms with Crippen molar-refractivity contribution in [2.24, 2.45) is 5.92 Å². The van der Waals surface area contributed by atoms with Crippen molar-refractivity contribution in [2.75, 3.05) is 0 Å². The van der Waals surface area contributed by atoms with Crippen molar-refractivity contribution in [3.63, 3.8) is 0 Å². The van der Waals surface area contributed by atoms with Crippen LogP contribution in [0.15, 0.2) is 6.07 Å². The molecule has 2 aromatic rings. The summed E-state index contributed by atoms with van der Waals surface area (Å²) in [5.41, 5.74) is 1.19. The van der Waals surface area contributed by atoms with Gasteiger partial charge < -0.3 is 5.11 Å². The Morgan fingerprint density at radius 2 is 2.28 bits per heavy atom. The van der Waals surface area contributed by atoms with Gasteiger partial charge in [-0.3, -0.25) is 4.79 Å². The van der Waals surface area contributed by atoms with Crippen molar-refractivity contribution < 1.29 is 9.90 Å². The monoisotopic (exact) mass is 266 g/mol. The lowest BCUT2D eigenvalue weighted by molar-refractivity contribution is -0.141. The highest BCUT2D eigenvalue weighted by atomic mass is 32.1. The fourth-order valence-electron chi connectivity index (χ4n) is 1.52. The molecule has 6 nitrogen and oxygen atoms in total. The van der Waals surface area contributed by atoms with Crippen molar-refractivity contribution in [1.82, 2.24) is 20.2 Å². The summed E-state index contributed by atoms with van der Waals surface area (Å²) in [7, 11) is 0. The predicted molar refractivity (Wildman–Crippen MR) is 67.4 cm³/mol. The van der Waals surface area contributed by atoms with E-state index in [0.717, 1.165) is 4.88 Å². The predicted octanol–water partition coefficient (Wildman–Crippen LogP) is 1.74. The third kappa shape index (κ3) is 2.40. The summed E-state index contributed by atoms with van der Waals surface area (Å²) < 4.78 is 1.55. The third-order valence-electron chi connectivity index (χ3n) is 2.79. The van der Waals surface area contributed by atoms with Gasteiger partial charge in [-0.05, 0) is 35.9 Å². The molecule has 96 valence electrons. The van der Waals surface area contributed by atoms with Crippen LogP contribution in [0.1, 0.15) is 17.4 Å². The maximum atomic E-state index is 10.9. The Morgan fingerprint density at radius 3 is 2.83 bits per heavy atom. The molecule has 0 saturated carbocycles. The van der Waals surface area contributed by atoms with Crippen LogP contribution in [0.25, 0.3) is 10.7 Å². The lowest BCUT2D eigenvalue weighted by Gasteiger charge is -2.06. The van der Waals surface area contributed by atoms with Crippen LogP contribution in [0.4, 0.5) is 0 Å². The normalized spacial score (nSPS) is 12.6. The number of thiophene rings is 1. The van der Waals surface area contributed by atoms with E-state index in [0.29, 0.717) is 5.82 Å². The van der Waals surface area contributed by atoms with Gasteiger partial charge in [-0.1, -0.05) is 6.92 Å². The van der Waals surface area contributed by atoms with Gasteiger partial charge in [0.25, 0.3) is 0 Å². The lowest BCUT2D eigenvalue weighted by Crippen LogP contribution is -2.18. The molecule has 2 rings (SSSR count). The number of carboxylic acids is 1. The van der Waals surface area contributed by atoms with E-state index in [1.54, 1.807) is 22.9 Å². The largest absolute Gasteiger partial charge is 0.481 e. The Morgan fingerprint density at radius 1 is 1.56 bits per heavy atom. The van der Waals surface area contributed by atoms with E-state index in [1.807, 2.05) is 19.9 Å². The number of rotatable bonds is 4. The molecule has 1 N–H and O–H groups in total. The Kier molecular flexibility index (Phi) is 3.42. The molecule has 0 amide bonds. The minimum Gasteiger partial charge on any atom is -0.481 e. The smallest absolute Gasteiger partial charge is 0.308 e. The number of nitrogens with zero attached hydrogens (tertiary/aromatic N) is 4. The number of carbonyl (C=O) groups is 1. The fourth-order valence-corrected chi connectivity index (χ4v) is 2.55. The van der Waals surface area contributed by atoms with Gasteiger partial charge in [-0.15, -0.1) is 16.4 Å². The molecule has 18 heavy (non-hydrogen) atoms. The summed E-state index contributed by atoms with van der Waals surface area (Å²) in [6.07, 6.45) is 0. The minimum absolute atomic E-state index is 0.271. The number of hydrogen-bond donors (Lipinski definition) is 1. The van der Waals surface area contributed by atoms with E-state index in [-0.39, 0.29) is 6.54 Å². The van der Waals surface area contributed by atoms with E-state index in [1.165, 1.54) is 10.4 Å². The second-order valence-corrected chi connectivity index (χ2v) is 5.53. The van der Waals surface area contributed by atoms with Crippen LogP contribution in [0.2, 0.25) is 0 Å². The van der Waals surface area contributed by atoms with E-state index >= 15 is 0 Å². The molecule has 2 aromatic heterocycles. The molecule has 0 saturated heterocycles. The van der Waals surface area contributed by atoms with Gasteiger partial charge in [0.05, 0.1) is 17.3 Å². The first kappa shape index (κ1) is 12.7. The first-order chi connectivity index (χ1) is 8.49. The number of carboxylic acid groups (broad SMARTS) is 1. The first-order valence-electron chi connectivity index (χ1n) is 5.55. The average molecular weight is 266 g/mol. The lowest BCUT2D eigenvalue weighted by atomic mass is 10.2. The molecule has 7 heteroatoms. The van der Waals surface area contributed by atoms with Crippen molar-refractivity contribution in [1.29, 1.82) is 0 Å². The molecular formula is C11H14N4O2S. The molecule has 0 bridgehead atoms. The summed E-state index contributed by atoms with van der Waals surface area (Å²) in [5, 5.41) is 20.4. The van der Waals surface area contributed by atoms with Crippen molar-refractivity contribution in [2.45, 2.75) is 27.3 Å². The minimum atomic E-state index is -0.852. The van der Waals surface area contributed by atoms with E-state index in [2.05, 4.69) is 15.5 Å². The SMILES string of the molecule is Cc1cc(-c2nnnn2CC(C)C(=O)O)sc1C. The van der Waals surface area contributed by atoms with Gasteiger partial charge in [0.1, 0.15) is 0 Å². The first-order valence-corrected chi connectivity index (χ1v) is 6.37. The summed E-state index contributed by atoms with van der Waals surface area (Å²) in [6.45, 7) is 5.98. The molecule has 0 aliphatic carbocycles. The highest BCUT2D eigenvalue weighted by Crippen LogP contribution is 2.29. The number of aromatic nitrogens is 4. The second kappa shape index (κ2) is 4.85. The summed E-state index contributed by atoms with van der Waals surface area (Å²) in [6, 6.07) is 2.02. The zero-order chi connectivity index (χ0) is 13.3. The number of hydrogen-bond acceptors (Lipinski definition) is 5. The molecule has 0 aliphatic rings. The molecule has 0 spiro atoms. The van der Waals surface area contributed by atoms with Crippen LogP contribution in [0.5, 0.6) is 0 Å². The molecule has 0 aromatic carbocycles. The summed E-state index contributed by atoms with van der Waals surface area (Å²) in [4.78, 5) is 13.0. The van der Waals surface area contributed by atoms with Crippen molar-refractivity contribution in [3.8, 4) is 10.7 Å². The van der Waals surface area contributed by atoms with E-state index in [4.69, 9.17) is 5.11 Å². The fraction of sp³-hybridized carbons (Fsp3) is 0.455. The van der Waals surface area contributed by atoms with Crippen LogP contribution < -0.4 is 0 Å². The molecule has 1 unspecified atom stereocenters. The molecule has 1 atom stereocenters. The Labute approximate surface area is 108 Å². The van der Waals surface area contributed by atoms with Gasteiger partial charge >= 0.3 is 5.97 Å². The van der Waals surface area contributed by atoms with Crippen LogP contribution in [-0.4, -0.2) is 31.3 Å².